The van der Waals surface area contributed by atoms with Crippen LogP contribution in [0, 0.1) is 0 Å². The molecule has 196 valence electrons. The lowest BCUT2D eigenvalue weighted by Crippen LogP contribution is -2.17. The van der Waals surface area contributed by atoms with Crippen molar-refractivity contribution in [3.63, 3.8) is 0 Å². The summed E-state index contributed by atoms with van der Waals surface area (Å²) in [5.74, 6) is 1.33. The van der Waals surface area contributed by atoms with Crippen molar-refractivity contribution in [2.24, 2.45) is 0 Å². The lowest BCUT2D eigenvalue weighted by atomic mass is 10.0. The molecular weight excluding hydrogens is 514 g/mol. The maximum Gasteiger partial charge on any atom is 0.238 e. The molecule has 0 spiro atoms. The van der Waals surface area contributed by atoms with Gasteiger partial charge in [-0.1, -0.05) is 109 Å². The number of nitrogens with zero attached hydrogens (tertiary/aromatic N) is 5. The van der Waals surface area contributed by atoms with Gasteiger partial charge in [0.1, 0.15) is 0 Å². The zero-order valence-corrected chi connectivity index (χ0v) is 22.5. The van der Waals surface area contributed by atoms with Crippen LogP contribution in [0.15, 0.2) is 140 Å². The summed E-state index contributed by atoms with van der Waals surface area (Å²) in [6.45, 7) is 0. The molecule has 42 heavy (non-hydrogen) atoms. The Morgan fingerprint density at radius 3 is 1.95 bits per heavy atom. The Bertz CT molecular complexity index is 2320. The summed E-state index contributed by atoms with van der Waals surface area (Å²) >= 11 is 0. The molecule has 1 aliphatic heterocycles. The maximum atomic E-state index is 5.31. The van der Waals surface area contributed by atoms with E-state index in [9.17, 15) is 0 Å². The Kier molecular flexibility index (Phi) is 4.83. The zero-order chi connectivity index (χ0) is 27.6. The predicted octanol–water partition coefficient (Wildman–Crippen LogP) is 9.24. The van der Waals surface area contributed by atoms with Gasteiger partial charge < -0.3 is 0 Å². The van der Waals surface area contributed by atoms with E-state index in [1.54, 1.807) is 0 Å². The van der Waals surface area contributed by atoms with Crippen LogP contribution in [0.5, 0.6) is 0 Å². The maximum absolute atomic E-state index is 5.31. The summed E-state index contributed by atoms with van der Waals surface area (Å²) in [6.07, 6.45) is 0. The monoisotopic (exact) mass is 537 g/mol. The predicted molar refractivity (Wildman–Crippen MR) is 171 cm³/mol. The van der Waals surface area contributed by atoms with Gasteiger partial charge >= 0.3 is 0 Å². The van der Waals surface area contributed by atoms with E-state index in [-0.39, 0.29) is 0 Å². The number of aromatic nitrogens is 4. The molecule has 0 atom stereocenters. The van der Waals surface area contributed by atoms with Crippen LogP contribution < -0.4 is 4.90 Å². The molecule has 5 heteroatoms. The third-order valence-corrected chi connectivity index (χ3v) is 8.12. The zero-order valence-electron chi connectivity index (χ0n) is 22.5. The number of para-hydroxylation sites is 3. The first-order valence-electron chi connectivity index (χ1n) is 14.1. The van der Waals surface area contributed by atoms with E-state index in [1.807, 2.05) is 30.3 Å². The van der Waals surface area contributed by atoms with Crippen molar-refractivity contribution in [1.29, 1.82) is 0 Å². The largest absolute Gasteiger partial charge is 0.277 e. The lowest BCUT2D eigenvalue weighted by Gasteiger charge is -2.23. The van der Waals surface area contributed by atoms with Crippen LogP contribution in [0.4, 0.5) is 17.6 Å². The van der Waals surface area contributed by atoms with Crippen LogP contribution in [-0.2, 0) is 0 Å². The number of rotatable bonds is 2. The Balaban J connectivity index is 1.42. The number of fused-ring (bicyclic) bond motifs is 9. The molecule has 2 aromatic heterocycles. The van der Waals surface area contributed by atoms with Gasteiger partial charge in [-0.15, -0.1) is 0 Å². The second-order valence-electron chi connectivity index (χ2n) is 10.6. The van der Waals surface area contributed by atoms with Gasteiger partial charge in [0.2, 0.25) is 11.9 Å². The van der Waals surface area contributed by atoms with Crippen LogP contribution in [0.3, 0.4) is 0 Å². The molecule has 5 nitrogen and oxygen atoms in total. The molecule has 0 radical (unpaired) electrons. The molecule has 0 unspecified atom stereocenters. The van der Waals surface area contributed by atoms with Crippen molar-refractivity contribution in [3.8, 4) is 28.1 Å². The van der Waals surface area contributed by atoms with Crippen LogP contribution in [0.1, 0.15) is 0 Å². The average Bonchev–Trinajstić information content (AvgIpc) is 3.35. The smallest absolute Gasteiger partial charge is 0.238 e. The standard InChI is InChI=1S/C37H23N5/c1-2-12-24(13-3-1)35-29-18-6-9-19-30(29)38-36(40-35)42-33-21-11-8-17-28(33)27-16-7-10-20-32(27)41-34-23-26-15-5-4-14-25(26)22-31(34)39-37(41)42/h1-23H. The molecular formula is C37H23N5. The van der Waals surface area contributed by atoms with Gasteiger partial charge in [-0.25, -0.2) is 19.9 Å². The van der Waals surface area contributed by atoms with E-state index in [4.69, 9.17) is 15.0 Å². The lowest BCUT2D eigenvalue weighted by molar-refractivity contribution is 1.01. The number of imidazole rings is 1. The van der Waals surface area contributed by atoms with E-state index >= 15 is 0 Å². The minimum atomic E-state index is 0.578. The summed E-state index contributed by atoms with van der Waals surface area (Å²) in [6, 6.07) is 48.4. The minimum absolute atomic E-state index is 0.578. The van der Waals surface area contributed by atoms with Crippen molar-refractivity contribution in [2.45, 2.75) is 0 Å². The number of hydrogen-bond acceptors (Lipinski definition) is 4. The highest BCUT2D eigenvalue weighted by Gasteiger charge is 2.31. The Hall–Kier alpha value is -5.81. The summed E-state index contributed by atoms with van der Waals surface area (Å²) in [7, 11) is 0. The molecule has 0 bridgehead atoms. The number of hydrogen-bond donors (Lipinski definition) is 0. The Labute approximate surface area is 242 Å². The van der Waals surface area contributed by atoms with Gasteiger partial charge in [-0.05, 0) is 41.1 Å². The fourth-order valence-electron chi connectivity index (χ4n) is 6.22. The second-order valence-corrected chi connectivity index (χ2v) is 10.6. The molecule has 9 rings (SSSR count). The Morgan fingerprint density at radius 2 is 1.12 bits per heavy atom. The number of benzene rings is 6. The second kappa shape index (κ2) is 8.85. The topological polar surface area (TPSA) is 46.8 Å². The highest BCUT2D eigenvalue weighted by Crippen LogP contribution is 2.47. The third-order valence-electron chi connectivity index (χ3n) is 8.12. The quantitative estimate of drug-likeness (QED) is 0.220. The summed E-state index contributed by atoms with van der Waals surface area (Å²) in [4.78, 5) is 17.9. The van der Waals surface area contributed by atoms with E-state index in [0.717, 1.165) is 67.0 Å². The van der Waals surface area contributed by atoms with Gasteiger partial charge in [-0.3, -0.25) is 4.57 Å². The van der Waals surface area contributed by atoms with Crippen molar-refractivity contribution < 1.29 is 0 Å². The molecule has 0 fully saturated rings. The number of anilines is 3. The first-order chi connectivity index (χ1) is 20.8. The summed E-state index contributed by atoms with van der Waals surface area (Å²) in [5.41, 5.74) is 9.08. The molecule has 0 N–H and O–H groups in total. The van der Waals surface area contributed by atoms with Crippen molar-refractivity contribution >= 4 is 50.3 Å². The fraction of sp³-hybridized carbons (Fsp3) is 0. The van der Waals surface area contributed by atoms with Crippen LogP contribution in [0.2, 0.25) is 0 Å². The van der Waals surface area contributed by atoms with Gasteiger partial charge in [-0.2, -0.15) is 0 Å². The van der Waals surface area contributed by atoms with Crippen LogP contribution in [0.25, 0.3) is 60.8 Å². The van der Waals surface area contributed by atoms with Crippen LogP contribution >= 0.6 is 0 Å². The molecule has 1 aliphatic rings. The summed E-state index contributed by atoms with van der Waals surface area (Å²) < 4.78 is 2.26. The van der Waals surface area contributed by atoms with E-state index in [1.165, 1.54) is 5.39 Å². The van der Waals surface area contributed by atoms with E-state index in [2.05, 4.69) is 119 Å². The van der Waals surface area contributed by atoms with Crippen LogP contribution in [-0.4, -0.2) is 19.5 Å². The van der Waals surface area contributed by atoms with Gasteiger partial charge in [0.15, 0.2) is 0 Å². The molecule has 3 heterocycles. The van der Waals surface area contributed by atoms with E-state index in [0.29, 0.717) is 5.95 Å². The van der Waals surface area contributed by atoms with Crippen molar-refractivity contribution in [2.75, 3.05) is 4.90 Å². The normalized spacial score (nSPS) is 12.2. The molecule has 6 aromatic carbocycles. The van der Waals surface area contributed by atoms with Gasteiger partial charge in [0.05, 0.1) is 33.6 Å². The molecule has 0 amide bonds. The highest BCUT2D eigenvalue weighted by atomic mass is 15.4. The molecule has 8 aromatic rings. The first kappa shape index (κ1) is 22.9. The van der Waals surface area contributed by atoms with Gasteiger partial charge in [0.25, 0.3) is 0 Å². The Morgan fingerprint density at radius 1 is 0.476 bits per heavy atom. The van der Waals surface area contributed by atoms with E-state index < -0.39 is 0 Å². The fourth-order valence-corrected chi connectivity index (χ4v) is 6.22. The van der Waals surface area contributed by atoms with Crippen molar-refractivity contribution in [3.05, 3.63) is 140 Å². The minimum Gasteiger partial charge on any atom is -0.277 e. The average molecular weight is 538 g/mol. The molecule has 0 saturated heterocycles. The summed E-state index contributed by atoms with van der Waals surface area (Å²) in [5, 5.41) is 3.34. The molecule has 0 aliphatic carbocycles. The SMILES string of the molecule is c1ccc(-c2nc(N3c4ccccc4-c4ccccc4-n4c3nc3cc5ccccc5cc34)nc3ccccc23)cc1. The highest BCUT2D eigenvalue weighted by molar-refractivity contribution is 6.01. The first-order valence-corrected chi connectivity index (χ1v) is 14.1. The third kappa shape index (κ3) is 3.34. The molecule has 0 saturated carbocycles. The van der Waals surface area contributed by atoms with Crippen molar-refractivity contribution in [1.82, 2.24) is 19.5 Å². The van der Waals surface area contributed by atoms with Gasteiger partial charge in [0, 0.05) is 22.1 Å².